The predicted octanol–water partition coefficient (Wildman–Crippen LogP) is -0.169. The molecule has 0 aliphatic carbocycles. The lowest BCUT2D eigenvalue weighted by Crippen LogP contribution is -3.15. The summed E-state index contributed by atoms with van der Waals surface area (Å²) >= 11 is 0. The molecule has 1 aliphatic rings. The molecule has 1 unspecified atom stereocenters. The maximum Gasteiger partial charge on any atom is 0.161 e. The van der Waals surface area contributed by atoms with Crippen molar-refractivity contribution in [2.24, 2.45) is 5.92 Å². The van der Waals surface area contributed by atoms with E-state index in [-0.39, 0.29) is 0 Å². The molecule has 1 saturated heterocycles. The van der Waals surface area contributed by atoms with Crippen LogP contribution in [0.5, 0.6) is 11.5 Å². The Labute approximate surface area is 146 Å². The number of quaternary nitrogens is 2. The summed E-state index contributed by atoms with van der Waals surface area (Å²) in [6, 6.07) is 6.56. The van der Waals surface area contributed by atoms with Crippen LogP contribution in [-0.4, -0.2) is 51.1 Å². The molecule has 5 heteroatoms. The lowest BCUT2D eigenvalue weighted by atomic mass is 9.77. The first-order valence-electron chi connectivity index (χ1n) is 8.97. The van der Waals surface area contributed by atoms with Gasteiger partial charge >= 0.3 is 0 Å². The first kappa shape index (κ1) is 19.0. The molecule has 24 heavy (non-hydrogen) atoms. The lowest BCUT2D eigenvalue weighted by Gasteiger charge is -2.43. The Morgan fingerprint density at radius 2 is 1.96 bits per heavy atom. The van der Waals surface area contributed by atoms with Gasteiger partial charge in [0.05, 0.1) is 46.0 Å². The third-order valence-corrected chi connectivity index (χ3v) is 5.66. The highest BCUT2D eigenvalue weighted by molar-refractivity contribution is 5.42. The number of rotatable bonds is 7. The number of hydrogen-bond donors (Lipinski definition) is 3. The van der Waals surface area contributed by atoms with Crippen LogP contribution in [0.1, 0.15) is 32.3 Å². The quantitative estimate of drug-likeness (QED) is 0.605. The zero-order chi connectivity index (χ0) is 17.7. The molecule has 4 N–H and O–H groups in total. The maximum absolute atomic E-state index is 11.0. The van der Waals surface area contributed by atoms with Crippen LogP contribution in [0.3, 0.4) is 0 Å². The van der Waals surface area contributed by atoms with Gasteiger partial charge in [-0.05, 0) is 25.1 Å². The van der Waals surface area contributed by atoms with Gasteiger partial charge in [0.15, 0.2) is 11.5 Å². The van der Waals surface area contributed by atoms with E-state index in [0.29, 0.717) is 12.0 Å². The summed E-state index contributed by atoms with van der Waals surface area (Å²) < 4.78 is 10.6. The van der Waals surface area contributed by atoms with Gasteiger partial charge in [-0.1, -0.05) is 6.92 Å². The standard InChI is InChI=1S/C19H32N2O3/c1-14-13-21(3)15(2)11-19(14,22)8-9-20-12-16-6-7-17(23-4)18(10-16)24-5/h6-7,10,14-15,20,22H,8-9,11-13H2,1-5H3/p+2/t14-,15+,19+/m0/s1. The summed E-state index contributed by atoms with van der Waals surface area (Å²) in [7, 11) is 5.53. The van der Waals surface area contributed by atoms with Gasteiger partial charge in [0.1, 0.15) is 6.54 Å². The zero-order valence-electron chi connectivity index (χ0n) is 15.8. The van der Waals surface area contributed by atoms with Crippen molar-refractivity contribution in [1.29, 1.82) is 0 Å². The maximum atomic E-state index is 11.0. The largest absolute Gasteiger partial charge is 0.493 e. The molecule has 1 heterocycles. The molecule has 4 atom stereocenters. The van der Waals surface area contributed by atoms with E-state index in [9.17, 15) is 5.11 Å². The number of ether oxygens (including phenoxy) is 2. The van der Waals surface area contributed by atoms with Crippen molar-refractivity contribution in [2.45, 2.75) is 44.9 Å². The van der Waals surface area contributed by atoms with Crippen LogP contribution in [0, 0.1) is 5.92 Å². The molecule has 2 rings (SSSR count). The number of piperidine rings is 1. The second-order valence-corrected chi connectivity index (χ2v) is 7.38. The Hall–Kier alpha value is -1.30. The van der Waals surface area contributed by atoms with E-state index < -0.39 is 5.60 Å². The summed E-state index contributed by atoms with van der Waals surface area (Å²) in [5.74, 6) is 1.87. The first-order chi connectivity index (χ1) is 11.4. The smallest absolute Gasteiger partial charge is 0.161 e. The van der Waals surface area contributed by atoms with Gasteiger partial charge < -0.3 is 24.8 Å². The second kappa shape index (κ2) is 8.19. The molecule has 1 aliphatic heterocycles. The second-order valence-electron chi connectivity index (χ2n) is 7.38. The summed E-state index contributed by atoms with van der Waals surface area (Å²) in [5.41, 5.74) is 0.682. The van der Waals surface area contributed by atoms with Crippen molar-refractivity contribution >= 4 is 0 Å². The Bertz CT molecular complexity index is 537. The minimum absolute atomic E-state index is 0.350. The van der Waals surface area contributed by atoms with Crippen LogP contribution < -0.4 is 19.7 Å². The van der Waals surface area contributed by atoms with Crippen LogP contribution >= 0.6 is 0 Å². The number of nitrogens with two attached hydrogens (primary N) is 1. The molecule has 0 saturated carbocycles. The van der Waals surface area contributed by atoms with Gasteiger partial charge in [-0.15, -0.1) is 0 Å². The van der Waals surface area contributed by atoms with Gasteiger partial charge in [-0.2, -0.15) is 0 Å². The van der Waals surface area contributed by atoms with Gasteiger partial charge in [0, 0.05) is 24.3 Å². The molecule has 0 bridgehead atoms. The van der Waals surface area contributed by atoms with Crippen LogP contribution in [0.2, 0.25) is 0 Å². The van der Waals surface area contributed by atoms with Crippen molar-refractivity contribution < 1.29 is 24.8 Å². The van der Waals surface area contributed by atoms with Gasteiger partial charge in [-0.25, -0.2) is 0 Å². The minimum atomic E-state index is -0.521. The van der Waals surface area contributed by atoms with E-state index in [1.54, 1.807) is 14.2 Å². The summed E-state index contributed by atoms with van der Waals surface area (Å²) in [6.07, 6.45) is 1.74. The molecule has 0 spiro atoms. The molecule has 0 radical (unpaired) electrons. The van der Waals surface area contributed by atoms with Crippen molar-refractivity contribution in [3.8, 4) is 11.5 Å². The van der Waals surface area contributed by atoms with Crippen LogP contribution in [-0.2, 0) is 6.54 Å². The molecular formula is C19H34N2O3+2. The molecule has 1 aromatic carbocycles. The van der Waals surface area contributed by atoms with Crippen LogP contribution in [0.15, 0.2) is 18.2 Å². The highest BCUT2D eigenvalue weighted by Gasteiger charge is 2.43. The fourth-order valence-electron chi connectivity index (χ4n) is 3.76. The third kappa shape index (κ3) is 4.41. The minimum Gasteiger partial charge on any atom is -0.493 e. The molecule has 5 nitrogen and oxygen atoms in total. The molecule has 136 valence electrons. The SMILES string of the molecule is COc1ccc(C[NH2+]CC[C@@]2(O)C[C@@H](C)[NH+](C)C[C@@H]2C)cc1OC. The van der Waals surface area contributed by atoms with Crippen LogP contribution in [0.25, 0.3) is 0 Å². The van der Waals surface area contributed by atoms with Crippen molar-refractivity contribution in [3.05, 3.63) is 23.8 Å². The predicted molar refractivity (Wildman–Crippen MR) is 94.6 cm³/mol. The number of methoxy groups -OCH3 is 2. The summed E-state index contributed by atoms with van der Waals surface area (Å²) in [4.78, 5) is 1.53. The number of aliphatic hydroxyl groups is 1. The molecule has 1 aromatic rings. The Balaban J connectivity index is 1.84. The number of nitrogens with one attached hydrogen (secondary N) is 1. The van der Waals surface area contributed by atoms with Gasteiger partial charge in [0.2, 0.25) is 0 Å². The highest BCUT2D eigenvalue weighted by Crippen LogP contribution is 2.28. The molecule has 0 amide bonds. The van der Waals surface area contributed by atoms with Crippen molar-refractivity contribution in [1.82, 2.24) is 0 Å². The fourth-order valence-corrected chi connectivity index (χ4v) is 3.76. The average molecular weight is 338 g/mol. The Morgan fingerprint density at radius 3 is 2.62 bits per heavy atom. The number of benzene rings is 1. The highest BCUT2D eigenvalue weighted by atomic mass is 16.5. The third-order valence-electron chi connectivity index (χ3n) is 5.66. The van der Waals surface area contributed by atoms with E-state index in [4.69, 9.17) is 9.47 Å². The van der Waals surface area contributed by atoms with Crippen molar-refractivity contribution in [2.75, 3.05) is 34.4 Å². The lowest BCUT2D eigenvalue weighted by molar-refractivity contribution is -0.916. The normalized spacial score (nSPS) is 30.2. The average Bonchev–Trinajstić information content (AvgIpc) is 2.57. The first-order valence-corrected chi connectivity index (χ1v) is 8.97. The van der Waals surface area contributed by atoms with E-state index in [1.807, 2.05) is 12.1 Å². The Kier molecular flexibility index (Phi) is 6.49. The number of likely N-dealkylation sites (tertiary alicyclic amines) is 1. The van der Waals surface area contributed by atoms with E-state index in [1.165, 1.54) is 10.5 Å². The Morgan fingerprint density at radius 1 is 1.25 bits per heavy atom. The summed E-state index contributed by atoms with van der Waals surface area (Å²) in [5, 5.41) is 13.3. The van der Waals surface area contributed by atoms with Gasteiger partial charge in [0.25, 0.3) is 0 Å². The molecule has 1 fully saturated rings. The fraction of sp³-hybridized carbons (Fsp3) is 0.684. The molecule has 0 aromatic heterocycles. The summed E-state index contributed by atoms with van der Waals surface area (Å²) in [6.45, 7) is 7.28. The number of hydrogen-bond acceptors (Lipinski definition) is 3. The van der Waals surface area contributed by atoms with Gasteiger partial charge in [-0.3, -0.25) is 0 Å². The zero-order valence-corrected chi connectivity index (χ0v) is 15.8. The van der Waals surface area contributed by atoms with Crippen molar-refractivity contribution in [3.63, 3.8) is 0 Å². The van der Waals surface area contributed by atoms with E-state index in [2.05, 4.69) is 32.3 Å². The van der Waals surface area contributed by atoms with E-state index in [0.717, 1.165) is 44.0 Å². The van der Waals surface area contributed by atoms with E-state index >= 15 is 0 Å². The molecular weight excluding hydrogens is 304 g/mol. The van der Waals surface area contributed by atoms with Crippen LogP contribution in [0.4, 0.5) is 0 Å². The topological polar surface area (TPSA) is 59.7 Å². The monoisotopic (exact) mass is 338 g/mol.